The number of aryl methyl sites for hydroxylation is 1. The van der Waals surface area contributed by atoms with E-state index in [1.54, 1.807) is 7.05 Å². The number of benzene rings is 1. The number of nitrogens with zero attached hydrogens (tertiary/aromatic N) is 1. The molecule has 0 aliphatic heterocycles. The SMILES string of the molecule is CN=C(NCc1ccccc1C)NCC(C)SC.I. The van der Waals surface area contributed by atoms with Crippen LogP contribution < -0.4 is 10.6 Å². The Hall–Kier alpha value is -0.430. The lowest BCUT2D eigenvalue weighted by atomic mass is 10.1. The summed E-state index contributed by atoms with van der Waals surface area (Å²) in [5.74, 6) is 0.860. The van der Waals surface area contributed by atoms with Gasteiger partial charge in [-0.1, -0.05) is 31.2 Å². The van der Waals surface area contributed by atoms with Crippen LogP contribution in [0.4, 0.5) is 0 Å². The van der Waals surface area contributed by atoms with Gasteiger partial charge in [0.2, 0.25) is 0 Å². The standard InChI is InChI=1S/C14H23N3S.HI/c1-11-7-5-6-8-13(11)10-17-14(15-3)16-9-12(2)18-4;/h5-8,12H,9-10H2,1-4H3,(H2,15,16,17);1H. The lowest BCUT2D eigenvalue weighted by molar-refractivity contribution is 0.789. The first-order valence-corrected chi connectivity index (χ1v) is 7.48. The highest BCUT2D eigenvalue weighted by Gasteiger charge is 2.02. The van der Waals surface area contributed by atoms with E-state index in [0.717, 1.165) is 19.0 Å². The van der Waals surface area contributed by atoms with E-state index in [2.05, 4.69) is 60.0 Å². The van der Waals surface area contributed by atoms with Gasteiger partial charge < -0.3 is 10.6 Å². The molecule has 0 aromatic heterocycles. The fourth-order valence-corrected chi connectivity index (χ4v) is 1.78. The quantitative estimate of drug-likeness (QED) is 0.459. The lowest BCUT2D eigenvalue weighted by Gasteiger charge is -2.15. The van der Waals surface area contributed by atoms with Crippen LogP contribution in [-0.4, -0.2) is 31.1 Å². The summed E-state index contributed by atoms with van der Waals surface area (Å²) in [7, 11) is 1.80. The molecule has 1 unspecified atom stereocenters. The number of hydrogen-bond donors (Lipinski definition) is 2. The summed E-state index contributed by atoms with van der Waals surface area (Å²) < 4.78 is 0. The Morgan fingerprint density at radius 2 is 2.00 bits per heavy atom. The Morgan fingerprint density at radius 3 is 2.58 bits per heavy atom. The molecule has 2 N–H and O–H groups in total. The number of rotatable bonds is 5. The summed E-state index contributed by atoms with van der Waals surface area (Å²) >= 11 is 1.85. The molecule has 0 aliphatic carbocycles. The van der Waals surface area contributed by atoms with Crippen molar-refractivity contribution in [3.05, 3.63) is 35.4 Å². The Bertz CT molecular complexity index is 396. The Labute approximate surface area is 138 Å². The predicted molar refractivity (Wildman–Crippen MR) is 97.8 cm³/mol. The Kier molecular flexibility index (Phi) is 10.1. The number of guanidine groups is 1. The summed E-state index contributed by atoms with van der Waals surface area (Å²) in [6.07, 6.45) is 2.12. The molecule has 0 heterocycles. The topological polar surface area (TPSA) is 36.4 Å². The van der Waals surface area contributed by atoms with Crippen LogP contribution in [0.3, 0.4) is 0 Å². The molecule has 1 aromatic carbocycles. The van der Waals surface area contributed by atoms with Crippen molar-refractivity contribution in [2.45, 2.75) is 25.6 Å². The molecule has 0 saturated heterocycles. The van der Waals surface area contributed by atoms with Crippen molar-refractivity contribution in [1.82, 2.24) is 10.6 Å². The second-order valence-electron chi connectivity index (χ2n) is 4.28. The lowest BCUT2D eigenvalue weighted by Crippen LogP contribution is -2.39. The molecule has 1 atom stereocenters. The monoisotopic (exact) mass is 393 g/mol. The zero-order valence-corrected chi connectivity index (χ0v) is 15.2. The van der Waals surface area contributed by atoms with E-state index in [9.17, 15) is 0 Å². The number of nitrogens with one attached hydrogen (secondary N) is 2. The number of thioether (sulfide) groups is 1. The van der Waals surface area contributed by atoms with E-state index in [1.165, 1.54) is 11.1 Å². The summed E-state index contributed by atoms with van der Waals surface area (Å²) in [6, 6.07) is 8.39. The Balaban J connectivity index is 0.00000324. The van der Waals surface area contributed by atoms with Gasteiger partial charge in [-0.3, -0.25) is 4.99 Å². The zero-order valence-electron chi connectivity index (χ0n) is 12.1. The van der Waals surface area contributed by atoms with Gasteiger partial charge in [0.1, 0.15) is 0 Å². The third kappa shape index (κ3) is 7.06. The van der Waals surface area contributed by atoms with Gasteiger partial charge in [-0.25, -0.2) is 0 Å². The highest BCUT2D eigenvalue weighted by Crippen LogP contribution is 2.06. The molecule has 0 amide bonds. The van der Waals surface area contributed by atoms with Crippen molar-refractivity contribution >= 4 is 41.7 Å². The third-order valence-electron chi connectivity index (χ3n) is 2.89. The van der Waals surface area contributed by atoms with Gasteiger partial charge >= 0.3 is 0 Å². The summed E-state index contributed by atoms with van der Waals surface area (Å²) in [4.78, 5) is 4.22. The first kappa shape index (κ1) is 18.6. The van der Waals surface area contributed by atoms with Crippen molar-refractivity contribution in [2.24, 2.45) is 4.99 Å². The van der Waals surface area contributed by atoms with E-state index >= 15 is 0 Å². The molecule has 5 heteroatoms. The van der Waals surface area contributed by atoms with Crippen molar-refractivity contribution in [3.8, 4) is 0 Å². The van der Waals surface area contributed by atoms with Gasteiger partial charge in [0, 0.05) is 25.4 Å². The van der Waals surface area contributed by atoms with Gasteiger partial charge in [-0.15, -0.1) is 24.0 Å². The van der Waals surface area contributed by atoms with Crippen LogP contribution in [0.2, 0.25) is 0 Å². The molecule has 1 rings (SSSR count). The molecule has 3 nitrogen and oxygen atoms in total. The highest BCUT2D eigenvalue weighted by atomic mass is 127. The first-order valence-electron chi connectivity index (χ1n) is 6.19. The molecule has 1 aromatic rings. The van der Waals surface area contributed by atoms with Crippen LogP contribution in [0.5, 0.6) is 0 Å². The van der Waals surface area contributed by atoms with E-state index in [4.69, 9.17) is 0 Å². The molecule has 19 heavy (non-hydrogen) atoms. The minimum Gasteiger partial charge on any atom is -0.355 e. The van der Waals surface area contributed by atoms with Crippen molar-refractivity contribution in [3.63, 3.8) is 0 Å². The minimum atomic E-state index is 0. The second kappa shape index (κ2) is 10.4. The van der Waals surface area contributed by atoms with E-state index in [1.807, 2.05) is 11.8 Å². The molecule has 108 valence electrons. The largest absolute Gasteiger partial charge is 0.355 e. The average Bonchev–Trinajstić information content (AvgIpc) is 2.40. The molecular formula is C14H24IN3S. The first-order chi connectivity index (χ1) is 8.67. The van der Waals surface area contributed by atoms with E-state index in [-0.39, 0.29) is 24.0 Å². The maximum atomic E-state index is 4.22. The molecule has 0 bridgehead atoms. The van der Waals surface area contributed by atoms with Crippen LogP contribution in [0.1, 0.15) is 18.1 Å². The minimum absolute atomic E-state index is 0. The average molecular weight is 393 g/mol. The molecule has 0 radical (unpaired) electrons. The summed E-state index contributed by atoms with van der Waals surface area (Å²) in [5.41, 5.74) is 2.61. The normalized spacial score (nSPS) is 12.5. The van der Waals surface area contributed by atoms with Gasteiger partial charge in [-0.05, 0) is 24.3 Å². The highest BCUT2D eigenvalue weighted by molar-refractivity contribution is 14.0. The second-order valence-corrected chi connectivity index (χ2v) is 5.56. The molecular weight excluding hydrogens is 369 g/mol. The van der Waals surface area contributed by atoms with Gasteiger partial charge in [0.05, 0.1) is 0 Å². The predicted octanol–water partition coefficient (Wildman–Crippen LogP) is 3.03. The summed E-state index contributed by atoms with van der Waals surface area (Å²) in [6.45, 7) is 6.06. The van der Waals surface area contributed by atoms with Crippen LogP contribution in [0.25, 0.3) is 0 Å². The Morgan fingerprint density at radius 1 is 1.32 bits per heavy atom. The van der Waals surface area contributed by atoms with E-state index in [0.29, 0.717) is 5.25 Å². The van der Waals surface area contributed by atoms with E-state index < -0.39 is 0 Å². The summed E-state index contributed by atoms with van der Waals surface area (Å²) in [5, 5.41) is 7.25. The zero-order chi connectivity index (χ0) is 13.4. The number of hydrogen-bond acceptors (Lipinski definition) is 2. The van der Waals surface area contributed by atoms with Crippen LogP contribution in [0.15, 0.2) is 29.3 Å². The maximum absolute atomic E-state index is 4.22. The van der Waals surface area contributed by atoms with Crippen LogP contribution in [0, 0.1) is 6.92 Å². The van der Waals surface area contributed by atoms with Crippen molar-refractivity contribution < 1.29 is 0 Å². The van der Waals surface area contributed by atoms with Gasteiger partial charge in [-0.2, -0.15) is 11.8 Å². The molecule has 0 spiro atoms. The smallest absolute Gasteiger partial charge is 0.191 e. The maximum Gasteiger partial charge on any atom is 0.191 e. The molecule has 0 fully saturated rings. The van der Waals surface area contributed by atoms with Crippen molar-refractivity contribution in [1.29, 1.82) is 0 Å². The fourth-order valence-electron chi connectivity index (χ4n) is 1.53. The van der Waals surface area contributed by atoms with Crippen molar-refractivity contribution in [2.75, 3.05) is 19.8 Å². The molecule has 0 saturated carbocycles. The van der Waals surface area contributed by atoms with Crippen LogP contribution in [-0.2, 0) is 6.54 Å². The van der Waals surface area contributed by atoms with Gasteiger partial charge in [0.25, 0.3) is 0 Å². The third-order valence-corrected chi connectivity index (χ3v) is 3.86. The molecule has 0 aliphatic rings. The number of halogens is 1. The number of aliphatic imine (C=N–C) groups is 1. The van der Waals surface area contributed by atoms with Gasteiger partial charge in [0.15, 0.2) is 5.96 Å². The fraction of sp³-hybridized carbons (Fsp3) is 0.500. The van der Waals surface area contributed by atoms with Crippen LogP contribution >= 0.6 is 35.7 Å².